The number of carbonyl (C=O) groups is 6. The first-order chi connectivity index (χ1) is 37.6. The van der Waals surface area contributed by atoms with Crippen molar-refractivity contribution in [1.82, 2.24) is 34.2 Å². The minimum atomic E-state index is -1.11. The van der Waals surface area contributed by atoms with E-state index in [1.165, 1.54) is 28.0 Å². The number of imide groups is 2. The molecule has 21 heteroatoms. The number of piperidine rings is 1. The Hall–Kier alpha value is -7.59. The van der Waals surface area contributed by atoms with E-state index in [1.54, 1.807) is 42.5 Å². The maximum Gasteiger partial charge on any atom is 0.276 e. The Morgan fingerprint density at radius 3 is 2.46 bits per heavy atom. The van der Waals surface area contributed by atoms with Crippen molar-refractivity contribution >= 4 is 64.1 Å². The number of unbranched alkanes of at least 4 members (excludes halogenated alkanes) is 3. The topological polar surface area (TPSA) is 243 Å². The van der Waals surface area contributed by atoms with Gasteiger partial charge in [-0.15, -0.1) is 0 Å². The van der Waals surface area contributed by atoms with E-state index in [0.717, 1.165) is 75.3 Å². The van der Waals surface area contributed by atoms with Gasteiger partial charge in [0.1, 0.15) is 35.7 Å². The highest BCUT2D eigenvalue weighted by Crippen LogP contribution is 2.40. The third kappa shape index (κ3) is 11.1. The number of amides is 6. The zero-order valence-corrected chi connectivity index (χ0v) is 44.6. The minimum Gasteiger partial charge on any atom is -0.392 e. The number of aliphatic hydroxyl groups excluding tert-OH is 1. The van der Waals surface area contributed by atoms with E-state index in [-0.39, 0.29) is 72.4 Å². The lowest BCUT2D eigenvalue weighted by Crippen LogP contribution is -2.54. The molecular formula is C57H67N11O10. The van der Waals surface area contributed by atoms with Crippen molar-refractivity contribution in [2.45, 2.75) is 97.4 Å². The molecule has 0 bridgehead atoms. The van der Waals surface area contributed by atoms with Crippen molar-refractivity contribution in [1.29, 1.82) is 0 Å². The van der Waals surface area contributed by atoms with Crippen LogP contribution in [0.2, 0.25) is 0 Å². The van der Waals surface area contributed by atoms with E-state index in [1.807, 2.05) is 24.4 Å². The molecule has 6 amide bonds. The number of nitrogens with zero attached hydrogens (tertiary/aromatic N) is 8. The van der Waals surface area contributed by atoms with Crippen LogP contribution in [0.4, 0.5) is 28.7 Å². The van der Waals surface area contributed by atoms with Crippen LogP contribution in [0.5, 0.6) is 0 Å². The number of pyridine rings is 3. The van der Waals surface area contributed by atoms with Gasteiger partial charge in [0.2, 0.25) is 17.7 Å². The molecule has 5 aromatic rings. The zero-order valence-electron chi connectivity index (χ0n) is 44.6. The number of benzene rings is 1. The number of rotatable bonds is 20. The molecule has 10 rings (SSSR count). The first-order valence-corrected chi connectivity index (χ1v) is 26.9. The molecule has 5 aliphatic rings. The fourth-order valence-electron chi connectivity index (χ4n) is 11.7. The molecule has 0 saturated carbocycles. The quantitative estimate of drug-likeness (QED) is 0.0604. The summed E-state index contributed by atoms with van der Waals surface area (Å²) < 4.78 is 14.9. The summed E-state index contributed by atoms with van der Waals surface area (Å²) in [5, 5.41) is 18.8. The summed E-state index contributed by atoms with van der Waals surface area (Å²) in [5.74, 6) is -2.24. The monoisotopic (exact) mass is 1070 g/mol. The number of ether oxygens (including phenoxy) is 2. The van der Waals surface area contributed by atoms with E-state index in [9.17, 15) is 38.7 Å². The number of aryl methyl sites for hydroxylation is 1. The maximum absolute atomic E-state index is 14.0. The molecular weight excluding hydrogens is 999 g/mol. The van der Waals surface area contributed by atoms with Crippen LogP contribution in [0.3, 0.4) is 0 Å². The Balaban J connectivity index is 0.628. The molecule has 2 saturated heterocycles. The van der Waals surface area contributed by atoms with E-state index in [0.29, 0.717) is 66.0 Å². The molecule has 4 aliphatic heterocycles. The number of aromatic nitrogens is 4. The SMILES string of the molecule is C[C@H]1CN(CCCCCCOCCOCC(=O)Nc2cccc3c2C(=O)N(C2CCC(=O)NC2=O)C3=O)CCN1c1ccc(Nc2cc(-c3ccnc(N4CCn5c(cc6c5CC(C)(C)C6)C4=O)c3CO)cn(C)c2=O)nc1. The van der Waals surface area contributed by atoms with Crippen molar-refractivity contribution < 1.29 is 43.3 Å². The van der Waals surface area contributed by atoms with E-state index < -0.39 is 35.6 Å². The average Bonchev–Trinajstić information content (AvgIpc) is 4.23. The highest BCUT2D eigenvalue weighted by Gasteiger charge is 2.46. The van der Waals surface area contributed by atoms with Gasteiger partial charge >= 0.3 is 0 Å². The molecule has 1 aromatic carbocycles. The van der Waals surface area contributed by atoms with Crippen LogP contribution in [0.15, 0.2) is 71.9 Å². The van der Waals surface area contributed by atoms with Gasteiger partial charge in [0.15, 0.2) is 0 Å². The smallest absolute Gasteiger partial charge is 0.276 e. The van der Waals surface area contributed by atoms with Crippen molar-refractivity contribution in [3.05, 3.63) is 111 Å². The third-order valence-electron chi connectivity index (χ3n) is 15.5. The fourth-order valence-corrected chi connectivity index (χ4v) is 11.7. The van der Waals surface area contributed by atoms with Gasteiger partial charge in [-0.2, -0.15) is 0 Å². The molecule has 1 aliphatic carbocycles. The van der Waals surface area contributed by atoms with Crippen LogP contribution in [-0.2, 0) is 56.9 Å². The van der Waals surface area contributed by atoms with Gasteiger partial charge in [0.05, 0.1) is 48.5 Å². The van der Waals surface area contributed by atoms with Gasteiger partial charge in [-0.25, -0.2) is 9.97 Å². The Labute approximate surface area is 451 Å². The van der Waals surface area contributed by atoms with Gasteiger partial charge in [-0.1, -0.05) is 32.8 Å². The second-order valence-electron chi connectivity index (χ2n) is 21.7. The second-order valence-corrected chi connectivity index (χ2v) is 21.7. The van der Waals surface area contributed by atoms with Crippen molar-refractivity contribution in [3.63, 3.8) is 0 Å². The maximum atomic E-state index is 14.0. The van der Waals surface area contributed by atoms with Gasteiger partial charge in [0, 0.05) is 88.1 Å². The summed E-state index contributed by atoms with van der Waals surface area (Å²) in [6.07, 6.45) is 11.2. The Kier molecular flexibility index (Phi) is 15.7. The number of aliphatic hydroxyl groups is 1. The zero-order chi connectivity index (χ0) is 54.8. The molecule has 8 heterocycles. The van der Waals surface area contributed by atoms with Gasteiger partial charge in [-0.3, -0.25) is 53.6 Å². The highest BCUT2D eigenvalue weighted by atomic mass is 16.5. The van der Waals surface area contributed by atoms with Crippen LogP contribution in [0.1, 0.15) is 107 Å². The van der Waals surface area contributed by atoms with E-state index >= 15 is 0 Å². The van der Waals surface area contributed by atoms with Crippen LogP contribution in [-0.4, -0.2) is 141 Å². The molecule has 410 valence electrons. The van der Waals surface area contributed by atoms with Gasteiger partial charge in [-0.05, 0) is 105 Å². The molecule has 2 fully saturated rings. The largest absolute Gasteiger partial charge is 0.392 e. The minimum absolute atomic E-state index is 0.00159. The lowest BCUT2D eigenvalue weighted by Gasteiger charge is -2.41. The van der Waals surface area contributed by atoms with E-state index in [4.69, 9.17) is 14.5 Å². The highest BCUT2D eigenvalue weighted by molar-refractivity contribution is 6.26. The normalized spacial score (nSPS) is 19.0. The second kappa shape index (κ2) is 22.8. The fraction of sp³-hybridized carbons (Fsp3) is 0.456. The summed E-state index contributed by atoms with van der Waals surface area (Å²) in [7, 11) is 1.68. The molecule has 78 heavy (non-hydrogen) atoms. The molecule has 4 aromatic heterocycles. The number of hydrogen-bond acceptors (Lipinski definition) is 15. The molecule has 21 nitrogen and oxygen atoms in total. The Morgan fingerprint density at radius 1 is 0.859 bits per heavy atom. The summed E-state index contributed by atoms with van der Waals surface area (Å²) in [5.41, 5.74) is 6.46. The van der Waals surface area contributed by atoms with Gasteiger partial charge < -0.3 is 39.2 Å². The first kappa shape index (κ1) is 53.8. The number of hydrogen-bond donors (Lipinski definition) is 4. The van der Waals surface area contributed by atoms with Crippen molar-refractivity contribution in [2.75, 3.05) is 79.6 Å². The number of carbonyl (C=O) groups excluding carboxylic acids is 6. The number of anilines is 5. The summed E-state index contributed by atoms with van der Waals surface area (Å²) >= 11 is 0. The number of piperazine rings is 1. The Morgan fingerprint density at radius 2 is 1.68 bits per heavy atom. The standard InChI is InChI=1S/C57H67N11O10/c1-35-31-64(18-7-5-6-8-23-77-24-25-78-34-49(71)61-42-11-9-10-40-50(42)56(76)68(53(40)73)44-13-15-48(70)62-52(44)72)19-20-65(35)38-12-14-47(59-30-38)60-43-26-37(32-63(4)54(43)74)39-16-17-58-51(41(39)33-69)67-22-21-66-45(55(67)75)27-36-28-57(2,3)29-46(36)66/h9-12,14,16-17,26-27,30,32,35,44,69H,5-8,13,15,18-25,28-29,31,33-34H2,1-4H3,(H,59,60)(H,61,71)(H,62,70,72)/t35-,44?/m0/s1. The summed E-state index contributed by atoms with van der Waals surface area (Å²) in [6.45, 7) is 12.0. The first-order valence-electron chi connectivity index (χ1n) is 26.9. The van der Waals surface area contributed by atoms with E-state index in [2.05, 4.69) is 56.1 Å². The van der Waals surface area contributed by atoms with Crippen molar-refractivity contribution in [2.24, 2.45) is 12.5 Å². The molecule has 1 unspecified atom stereocenters. The lowest BCUT2D eigenvalue weighted by molar-refractivity contribution is -0.136. The van der Waals surface area contributed by atoms with Crippen LogP contribution in [0.25, 0.3) is 11.1 Å². The van der Waals surface area contributed by atoms with Gasteiger partial charge in [0.25, 0.3) is 23.3 Å². The van der Waals surface area contributed by atoms with Crippen molar-refractivity contribution in [3.8, 4) is 11.1 Å². The van der Waals surface area contributed by atoms with Crippen LogP contribution in [0, 0.1) is 5.41 Å². The molecule has 2 atom stereocenters. The summed E-state index contributed by atoms with van der Waals surface area (Å²) in [4.78, 5) is 107. The number of fused-ring (bicyclic) bond motifs is 4. The van der Waals surface area contributed by atoms with Crippen LogP contribution < -0.4 is 31.3 Å². The lowest BCUT2D eigenvalue weighted by atomic mass is 9.90. The Bertz CT molecular complexity index is 3220. The summed E-state index contributed by atoms with van der Waals surface area (Å²) in [6, 6.07) is 13.2. The predicted molar refractivity (Wildman–Crippen MR) is 291 cm³/mol. The molecule has 0 spiro atoms. The molecule has 0 radical (unpaired) electrons. The predicted octanol–water partition coefficient (Wildman–Crippen LogP) is 4.81. The number of nitrogens with one attached hydrogen (secondary N) is 3. The third-order valence-corrected chi connectivity index (χ3v) is 15.5. The molecule has 4 N–H and O–H groups in total. The average molecular weight is 1070 g/mol. The van der Waals surface area contributed by atoms with Crippen LogP contribution >= 0.6 is 0 Å².